The number of methoxy groups -OCH3 is 1. The van der Waals surface area contributed by atoms with Gasteiger partial charge in [0.1, 0.15) is 5.76 Å². The number of carbonyl (C=O) groups excluding carboxylic acids is 2. The molecular weight excluding hydrogens is 298 g/mol. The standard InChI is InChI=1S/C16H19N3O4/c1-10-6-4-5-7-12(10)13(22-3)9-17-15(20)16(21)18-14-8-11(2)23-19-14/h4-8,13H,9H2,1-3H3,(H,17,20)(H,18,19,21). The third kappa shape index (κ3) is 4.40. The number of hydrogen-bond donors (Lipinski definition) is 2. The van der Waals surface area contributed by atoms with Crippen LogP contribution in [0, 0.1) is 13.8 Å². The fourth-order valence-corrected chi connectivity index (χ4v) is 2.13. The van der Waals surface area contributed by atoms with E-state index in [1.165, 1.54) is 6.07 Å². The van der Waals surface area contributed by atoms with Crippen molar-refractivity contribution in [2.24, 2.45) is 0 Å². The van der Waals surface area contributed by atoms with Crippen LogP contribution in [0.3, 0.4) is 0 Å². The first kappa shape index (κ1) is 16.7. The molecule has 122 valence electrons. The fraction of sp³-hybridized carbons (Fsp3) is 0.312. The zero-order valence-corrected chi connectivity index (χ0v) is 13.3. The average Bonchev–Trinajstić information content (AvgIpc) is 2.94. The van der Waals surface area contributed by atoms with Gasteiger partial charge in [-0.05, 0) is 25.0 Å². The summed E-state index contributed by atoms with van der Waals surface area (Å²) < 4.78 is 10.2. The van der Waals surface area contributed by atoms with Crippen molar-refractivity contribution < 1.29 is 18.8 Å². The molecule has 23 heavy (non-hydrogen) atoms. The van der Waals surface area contributed by atoms with Crippen molar-refractivity contribution in [1.82, 2.24) is 10.5 Å². The molecule has 2 amide bonds. The molecule has 2 aromatic rings. The number of amides is 2. The molecule has 1 aromatic heterocycles. The molecular formula is C16H19N3O4. The van der Waals surface area contributed by atoms with Crippen LogP contribution in [0.15, 0.2) is 34.9 Å². The van der Waals surface area contributed by atoms with Crippen molar-refractivity contribution in [3.05, 3.63) is 47.2 Å². The van der Waals surface area contributed by atoms with E-state index in [2.05, 4.69) is 15.8 Å². The smallest absolute Gasteiger partial charge is 0.314 e. The van der Waals surface area contributed by atoms with Gasteiger partial charge in [0.2, 0.25) is 0 Å². The molecule has 1 atom stereocenters. The Kier molecular flexibility index (Phi) is 5.48. The van der Waals surface area contributed by atoms with Gasteiger partial charge in [-0.25, -0.2) is 0 Å². The minimum atomic E-state index is -0.807. The Balaban J connectivity index is 1.92. The average molecular weight is 317 g/mol. The number of rotatable bonds is 5. The van der Waals surface area contributed by atoms with Crippen molar-refractivity contribution in [2.45, 2.75) is 20.0 Å². The Morgan fingerprint density at radius 1 is 1.26 bits per heavy atom. The zero-order chi connectivity index (χ0) is 16.8. The van der Waals surface area contributed by atoms with Crippen molar-refractivity contribution in [1.29, 1.82) is 0 Å². The molecule has 0 aliphatic rings. The van der Waals surface area contributed by atoms with Crippen LogP contribution in [0.1, 0.15) is 23.0 Å². The maximum Gasteiger partial charge on any atom is 0.314 e. The SMILES string of the molecule is COC(CNC(=O)C(=O)Nc1cc(C)on1)c1ccccc1C. The van der Waals surface area contributed by atoms with Crippen LogP contribution in [0.5, 0.6) is 0 Å². The molecule has 0 bridgehead atoms. The summed E-state index contributed by atoms with van der Waals surface area (Å²) in [6.45, 7) is 3.84. The summed E-state index contributed by atoms with van der Waals surface area (Å²) in [5, 5.41) is 8.51. The summed E-state index contributed by atoms with van der Waals surface area (Å²) in [5.41, 5.74) is 2.01. The number of nitrogens with one attached hydrogen (secondary N) is 2. The van der Waals surface area contributed by atoms with Crippen molar-refractivity contribution in [3.8, 4) is 0 Å². The molecule has 0 fully saturated rings. The molecule has 1 unspecified atom stereocenters. The van der Waals surface area contributed by atoms with E-state index in [0.29, 0.717) is 5.76 Å². The number of aryl methyl sites for hydroxylation is 2. The topological polar surface area (TPSA) is 93.5 Å². The molecule has 7 heteroatoms. The first-order valence-electron chi connectivity index (χ1n) is 7.12. The zero-order valence-electron chi connectivity index (χ0n) is 13.3. The van der Waals surface area contributed by atoms with Crippen molar-refractivity contribution >= 4 is 17.6 Å². The van der Waals surface area contributed by atoms with E-state index >= 15 is 0 Å². The van der Waals surface area contributed by atoms with Gasteiger partial charge < -0.3 is 14.6 Å². The van der Waals surface area contributed by atoms with Gasteiger partial charge in [0.15, 0.2) is 5.82 Å². The molecule has 0 saturated carbocycles. The molecule has 7 nitrogen and oxygen atoms in total. The maximum absolute atomic E-state index is 11.9. The number of hydrogen-bond acceptors (Lipinski definition) is 5. The second kappa shape index (κ2) is 7.55. The summed E-state index contributed by atoms with van der Waals surface area (Å²) in [5.74, 6) is -0.830. The Hall–Kier alpha value is -2.67. The second-order valence-electron chi connectivity index (χ2n) is 5.07. The molecule has 0 aliphatic carbocycles. The van der Waals surface area contributed by atoms with Gasteiger partial charge in [-0.2, -0.15) is 0 Å². The molecule has 0 radical (unpaired) electrons. The van der Waals surface area contributed by atoms with Gasteiger partial charge >= 0.3 is 11.8 Å². The van der Waals surface area contributed by atoms with Gasteiger partial charge in [0.25, 0.3) is 0 Å². The number of carbonyl (C=O) groups is 2. The monoisotopic (exact) mass is 317 g/mol. The van der Waals surface area contributed by atoms with E-state index in [1.807, 2.05) is 31.2 Å². The first-order chi connectivity index (χ1) is 11.0. The highest BCUT2D eigenvalue weighted by Crippen LogP contribution is 2.19. The molecule has 2 rings (SSSR count). The lowest BCUT2D eigenvalue weighted by molar-refractivity contribution is -0.136. The number of ether oxygens (including phenoxy) is 1. The Labute approximate surface area is 134 Å². The minimum Gasteiger partial charge on any atom is -0.375 e. The lowest BCUT2D eigenvalue weighted by atomic mass is 10.0. The van der Waals surface area contributed by atoms with Crippen molar-refractivity contribution in [2.75, 3.05) is 19.0 Å². The van der Waals surface area contributed by atoms with Crippen LogP contribution in [-0.2, 0) is 14.3 Å². The number of anilines is 1. The second-order valence-corrected chi connectivity index (χ2v) is 5.07. The predicted octanol–water partition coefficient (Wildman–Crippen LogP) is 1.73. The molecule has 0 spiro atoms. The third-order valence-electron chi connectivity index (χ3n) is 3.34. The Morgan fingerprint density at radius 3 is 2.61 bits per heavy atom. The van der Waals surface area contributed by atoms with Crippen molar-refractivity contribution in [3.63, 3.8) is 0 Å². The highest BCUT2D eigenvalue weighted by Gasteiger charge is 2.19. The fourth-order valence-electron chi connectivity index (χ4n) is 2.13. The van der Waals surface area contributed by atoms with Gasteiger partial charge in [-0.1, -0.05) is 29.4 Å². The van der Waals surface area contributed by atoms with E-state index in [4.69, 9.17) is 9.26 Å². The lowest BCUT2D eigenvalue weighted by Gasteiger charge is -2.18. The van der Waals surface area contributed by atoms with Crippen LogP contribution in [-0.4, -0.2) is 30.6 Å². The van der Waals surface area contributed by atoms with Gasteiger partial charge in [-0.3, -0.25) is 14.9 Å². The van der Waals surface area contributed by atoms with E-state index in [1.54, 1.807) is 14.0 Å². The summed E-state index contributed by atoms with van der Waals surface area (Å²) in [7, 11) is 1.56. The van der Waals surface area contributed by atoms with Crippen LogP contribution >= 0.6 is 0 Å². The van der Waals surface area contributed by atoms with Gasteiger partial charge in [0.05, 0.1) is 6.10 Å². The van der Waals surface area contributed by atoms with E-state index in [-0.39, 0.29) is 18.5 Å². The summed E-state index contributed by atoms with van der Waals surface area (Å²) in [4.78, 5) is 23.6. The highest BCUT2D eigenvalue weighted by molar-refractivity contribution is 6.39. The Morgan fingerprint density at radius 2 is 2.00 bits per heavy atom. The third-order valence-corrected chi connectivity index (χ3v) is 3.34. The Bertz CT molecular complexity index is 696. The van der Waals surface area contributed by atoms with Crippen LogP contribution in [0.2, 0.25) is 0 Å². The quantitative estimate of drug-likeness (QED) is 0.819. The first-order valence-corrected chi connectivity index (χ1v) is 7.12. The molecule has 0 saturated heterocycles. The molecule has 1 aromatic carbocycles. The molecule has 0 aliphatic heterocycles. The van der Waals surface area contributed by atoms with E-state index in [0.717, 1.165) is 11.1 Å². The number of aromatic nitrogens is 1. The normalized spacial score (nSPS) is 11.8. The van der Waals surface area contributed by atoms with E-state index in [9.17, 15) is 9.59 Å². The molecule has 1 heterocycles. The maximum atomic E-state index is 11.9. The summed E-state index contributed by atoms with van der Waals surface area (Å²) in [6, 6.07) is 9.24. The van der Waals surface area contributed by atoms with Gasteiger partial charge in [0, 0.05) is 19.7 Å². The summed E-state index contributed by atoms with van der Waals surface area (Å²) >= 11 is 0. The highest BCUT2D eigenvalue weighted by atomic mass is 16.5. The predicted molar refractivity (Wildman–Crippen MR) is 83.8 cm³/mol. The molecule has 2 N–H and O–H groups in total. The number of benzene rings is 1. The minimum absolute atomic E-state index is 0.186. The summed E-state index contributed by atoms with van der Waals surface area (Å²) in [6.07, 6.45) is -0.331. The van der Waals surface area contributed by atoms with E-state index < -0.39 is 11.8 Å². The van der Waals surface area contributed by atoms with Gasteiger partial charge in [-0.15, -0.1) is 0 Å². The lowest BCUT2D eigenvalue weighted by Crippen LogP contribution is -2.38. The van der Waals surface area contributed by atoms with Crippen LogP contribution in [0.25, 0.3) is 0 Å². The van der Waals surface area contributed by atoms with Crippen LogP contribution in [0.4, 0.5) is 5.82 Å². The largest absolute Gasteiger partial charge is 0.375 e. The number of nitrogens with zero attached hydrogens (tertiary/aromatic N) is 1. The van der Waals surface area contributed by atoms with Crippen LogP contribution < -0.4 is 10.6 Å².